The van der Waals surface area contributed by atoms with Crippen LogP contribution in [0.5, 0.6) is 0 Å². The van der Waals surface area contributed by atoms with Gasteiger partial charge in [-0.15, -0.1) is 0 Å². The minimum Gasteiger partial charge on any atom is -0.478 e. The summed E-state index contributed by atoms with van der Waals surface area (Å²) < 4.78 is 0. The number of benzene rings is 1. The van der Waals surface area contributed by atoms with Crippen molar-refractivity contribution in [2.24, 2.45) is 17.8 Å². The van der Waals surface area contributed by atoms with Crippen LogP contribution in [0.2, 0.25) is 0 Å². The highest BCUT2D eigenvalue weighted by atomic mass is 16.6. The van der Waals surface area contributed by atoms with Crippen LogP contribution >= 0.6 is 0 Å². The third kappa shape index (κ3) is 8.20. The number of unbranched alkanes of at least 4 members (excludes halogenated alkanes) is 2. The van der Waals surface area contributed by atoms with Gasteiger partial charge in [-0.05, 0) is 30.6 Å². The number of nitro benzene ring substituents is 2. The average Bonchev–Trinajstić information content (AvgIpc) is 2.80. The second kappa shape index (κ2) is 13.1. The topological polar surface area (TPSA) is 124 Å². The Hall–Kier alpha value is -2.51. The molecule has 32 heavy (non-hydrogen) atoms. The molecule has 0 amide bonds. The predicted molar refractivity (Wildman–Crippen MR) is 123 cm³/mol. The Bertz CT molecular complexity index is 689. The van der Waals surface area contributed by atoms with Crippen molar-refractivity contribution in [3.8, 4) is 0 Å². The van der Waals surface area contributed by atoms with Gasteiger partial charge < -0.3 is 5.11 Å². The number of non-ortho nitro benzene ring substituents is 2. The van der Waals surface area contributed by atoms with Crippen LogP contribution in [-0.4, -0.2) is 20.9 Å². The second-order valence-corrected chi connectivity index (χ2v) is 9.23. The van der Waals surface area contributed by atoms with E-state index in [2.05, 4.69) is 6.92 Å². The van der Waals surface area contributed by atoms with Crippen LogP contribution in [0.4, 0.5) is 11.4 Å². The van der Waals surface area contributed by atoms with E-state index in [9.17, 15) is 25.0 Å². The molecule has 0 bridgehead atoms. The molecule has 0 aliphatic heterocycles. The Labute approximate surface area is 189 Å². The van der Waals surface area contributed by atoms with Crippen molar-refractivity contribution in [3.05, 3.63) is 44.0 Å². The summed E-state index contributed by atoms with van der Waals surface area (Å²) in [7, 11) is 0. The summed E-state index contributed by atoms with van der Waals surface area (Å²) in [5, 5.41) is 29.2. The Morgan fingerprint density at radius 3 is 1.88 bits per heavy atom. The maximum Gasteiger partial charge on any atom is 0.336 e. The zero-order chi connectivity index (χ0) is 23.5. The van der Waals surface area contributed by atoms with Gasteiger partial charge in [0.2, 0.25) is 0 Å². The summed E-state index contributed by atoms with van der Waals surface area (Å²) in [5.74, 6) is 1.89. The van der Waals surface area contributed by atoms with Gasteiger partial charge in [0.1, 0.15) is 0 Å². The molecule has 2 fully saturated rings. The van der Waals surface area contributed by atoms with Crippen molar-refractivity contribution in [2.45, 2.75) is 90.4 Å². The summed E-state index contributed by atoms with van der Waals surface area (Å²) >= 11 is 0. The van der Waals surface area contributed by atoms with Crippen molar-refractivity contribution in [2.75, 3.05) is 0 Å². The van der Waals surface area contributed by atoms with E-state index in [1.807, 2.05) is 0 Å². The number of carboxylic acids is 1. The van der Waals surface area contributed by atoms with Crippen molar-refractivity contribution in [1.82, 2.24) is 0 Å². The second-order valence-electron chi connectivity index (χ2n) is 9.23. The molecule has 1 aromatic rings. The molecule has 0 aromatic heterocycles. The van der Waals surface area contributed by atoms with Gasteiger partial charge >= 0.3 is 5.97 Å². The van der Waals surface area contributed by atoms with Crippen LogP contribution in [0.25, 0.3) is 0 Å². The van der Waals surface area contributed by atoms with Crippen LogP contribution in [0.15, 0.2) is 18.2 Å². The van der Waals surface area contributed by atoms with E-state index in [0.29, 0.717) is 6.07 Å². The third-order valence-corrected chi connectivity index (χ3v) is 6.99. The molecule has 1 N–H and O–H groups in total. The summed E-state index contributed by atoms with van der Waals surface area (Å²) in [6.07, 6.45) is 19.8. The predicted octanol–water partition coefficient (Wildman–Crippen LogP) is 7.15. The Kier molecular flexibility index (Phi) is 10.6. The molecule has 0 radical (unpaired) electrons. The normalized spacial score (nSPS) is 21.3. The van der Waals surface area contributed by atoms with Crippen LogP contribution in [0, 0.1) is 38.0 Å². The summed E-state index contributed by atoms with van der Waals surface area (Å²) in [5.41, 5.74) is -1.74. The van der Waals surface area contributed by atoms with Gasteiger partial charge in [-0.1, -0.05) is 77.6 Å². The smallest absolute Gasteiger partial charge is 0.336 e. The fourth-order valence-electron chi connectivity index (χ4n) is 5.17. The first-order valence-electron chi connectivity index (χ1n) is 12.0. The SMILES string of the molecule is CCCCC[C@H]1CC[C@H](C2CCCCC2)CC1.O=C(O)c1cc([N+](=O)[O-])cc([N+](=O)[O-])c1. The van der Waals surface area contributed by atoms with E-state index in [4.69, 9.17) is 5.11 Å². The summed E-state index contributed by atoms with van der Waals surface area (Å²) in [4.78, 5) is 29.4. The molecule has 1 aromatic carbocycles. The standard InChI is InChI=1S/C17H32.C7H4N2O6/c1-2-3-5-8-15-11-13-17(14-12-15)16-9-6-4-7-10-16;10-7(11)4-1-5(8(12)13)3-6(2-4)9(14)15/h15-17H,2-14H2,1H3;1-3H,(H,10,11)/t15-,17-;. The third-order valence-electron chi connectivity index (χ3n) is 6.99. The Morgan fingerprint density at radius 1 is 0.875 bits per heavy atom. The lowest BCUT2D eigenvalue weighted by Crippen LogP contribution is -2.23. The van der Waals surface area contributed by atoms with E-state index < -0.39 is 32.8 Å². The minimum atomic E-state index is -1.46. The lowest BCUT2D eigenvalue weighted by atomic mass is 9.70. The van der Waals surface area contributed by atoms with Crippen molar-refractivity contribution < 1.29 is 19.7 Å². The number of nitro groups is 2. The zero-order valence-corrected chi connectivity index (χ0v) is 19.0. The first-order valence-corrected chi connectivity index (χ1v) is 12.0. The number of rotatable bonds is 8. The summed E-state index contributed by atoms with van der Waals surface area (Å²) in [6, 6.07) is 2.22. The van der Waals surface area contributed by atoms with Crippen LogP contribution < -0.4 is 0 Å². The molecule has 178 valence electrons. The Balaban J connectivity index is 0.000000229. The average molecular weight is 449 g/mol. The molecular weight excluding hydrogens is 412 g/mol. The number of aromatic carboxylic acids is 1. The largest absolute Gasteiger partial charge is 0.478 e. The molecule has 0 saturated heterocycles. The highest BCUT2D eigenvalue weighted by Crippen LogP contribution is 2.41. The van der Waals surface area contributed by atoms with E-state index in [-0.39, 0.29) is 0 Å². The molecule has 8 nitrogen and oxygen atoms in total. The van der Waals surface area contributed by atoms with Gasteiger partial charge in [-0.25, -0.2) is 4.79 Å². The molecule has 3 rings (SSSR count). The van der Waals surface area contributed by atoms with E-state index in [1.165, 1.54) is 44.9 Å². The van der Waals surface area contributed by atoms with E-state index >= 15 is 0 Å². The first kappa shape index (κ1) is 25.7. The summed E-state index contributed by atoms with van der Waals surface area (Å²) in [6.45, 7) is 2.32. The molecule has 8 heteroatoms. The first-order chi connectivity index (χ1) is 15.3. The van der Waals surface area contributed by atoms with Crippen LogP contribution in [-0.2, 0) is 0 Å². The quantitative estimate of drug-likeness (QED) is 0.256. The zero-order valence-electron chi connectivity index (χ0n) is 19.0. The van der Waals surface area contributed by atoms with Gasteiger partial charge in [-0.3, -0.25) is 20.2 Å². The maximum absolute atomic E-state index is 10.5. The molecule has 0 unspecified atom stereocenters. The highest BCUT2D eigenvalue weighted by Gasteiger charge is 2.28. The number of nitrogens with zero attached hydrogens (tertiary/aromatic N) is 2. The van der Waals surface area contributed by atoms with Gasteiger partial charge in [0, 0.05) is 12.1 Å². The van der Waals surface area contributed by atoms with Crippen molar-refractivity contribution >= 4 is 17.3 Å². The van der Waals surface area contributed by atoms with E-state index in [0.717, 1.165) is 29.9 Å². The number of hydrogen-bond donors (Lipinski definition) is 1. The van der Waals surface area contributed by atoms with Crippen LogP contribution in [0.1, 0.15) is 101 Å². The highest BCUT2D eigenvalue weighted by molar-refractivity contribution is 5.89. The molecular formula is C24H36N2O6. The number of carboxylic acid groups (broad SMARTS) is 1. The molecule has 0 heterocycles. The van der Waals surface area contributed by atoms with Crippen LogP contribution in [0.3, 0.4) is 0 Å². The van der Waals surface area contributed by atoms with Crippen molar-refractivity contribution in [1.29, 1.82) is 0 Å². The maximum atomic E-state index is 10.5. The van der Waals surface area contributed by atoms with E-state index in [1.54, 1.807) is 38.5 Å². The van der Waals surface area contributed by atoms with Gasteiger partial charge in [0.25, 0.3) is 11.4 Å². The Morgan fingerprint density at radius 2 is 1.41 bits per heavy atom. The fourth-order valence-corrected chi connectivity index (χ4v) is 5.17. The molecule has 0 spiro atoms. The van der Waals surface area contributed by atoms with Crippen molar-refractivity contribution in [3.63, 3.8) is 0 Å². The van der Waals surface area contributed by atoms with Gasteiger partial charge in [0.05, 0.1) is 21.5 Å². The lowest BCUT2D eigenvalue weighted by Gasteiger charge is -2.36. The number of carbonyl (C=O) groups is 1. The lowest BCUT2D eigenvalue weighted by molar-refractivity contribution is -0.394. The van der Waals surface area contributed by atoms with Gasteiger partial charge in [0.15, 0.2) is 0 Å². The molecule has 2 aliphatic rings. The molecule has 2 aliphatic carbocycles. The molecule has 2 saturated carbocycles. The number of hydrogen-bond acceptors (Lipinski definition) is 5. The molecule has 0 atom stereocenters. The fraction of sp³-hybridized carbons (Fsp3) is 0.708. The monoisotopic (exact) mass is 448 g/mol. The minimum absolute atomic E-state index is 0.490. The van der Waals surface area contributed by atoms with Gasteiger partial charge in [-0.2, -0.15) is 0 Å².